The summed E-state index contributed by atoms with van der Waals surface area (Å²) in [5.74, 6) is -0.260. The molecule has 1 unspecified atom stereocenters. The van der Waals surface area contributed by atoms with Crippen molar-refractivity contribution >= 4 is 35.6 Å². The van der Waals surface area contributed by atoms with Gasteiger partial charge in [0.05, 0.1) is 11.5 Å². The normalized spacial score (nSPS) is 16.2. The van der Waals surface area contributed by atoms with Crippen LogP contribution in [0.1, 0.15) is 25.7 Å². The van der Waals surface area contributed by atoms with Crippen molar-refractivity contribution in [2.24, 2.45) is 5.73 Å². The summed E-state index contributed by atoms with van der Waals surface area (Å²) in [5.41, 5.74) is 5.61. The van der Waals surface area contributed by atoms with Crippen molar-refractivity contribution in [1.29, 1.82) is 0 Å². The van der Waals surface area contributed by atoms with Crippen LogP contribution in [0, 0.1) is 10.1 Å². The molecule has 150 valence electrons. The monoisotopic (exact) mass is 399 g/mol. The molecule has 0 aliphatic carbocycles. The molecular formula is C17H26ClN5O4. The van der Waals surface area contributed by atoms with Gasteiger partial charge in [0, 0.05) is 38.2 Å². The lowest BCUT2D eigenvalue weighted by atomic mass is 10.0. The summed E-state index contributed by atoms with van der Waals surface area (Å²) < 4.78 is 0. The zero-order valence-electron chi connectivity index (χ0n) is 15.1. The summed E-state index contributed by atoms with van der Waals surface area (Å²) in [7, 11) is 0. The Kier molecular flexibility index (Phi) is 9.52. The smallest absolute Gasteiger partial charge is 0.292 e. The van der Waals surface area contributed by atoms with E-state index >= 15 is 0 Å². The molecule has 1 aromatic rings. The number of nitro benzene ring substituents is 1. The molecule has 1 aromatic carbocycles. The van der Waals surface area contributed by atoms with Gasteiger partial charge in [-0.25, -0.2) is 0 Å². The minimum Gasteiger partial charge on any atom is -0.371 e. The zero-order chi connectivity index (χ0) is 18.9. The summed E-state index contributed by atoms with van der Waals surface area (Å²) in [5, 5.41) is 16.7. The topological polar surface area (TPSA) is 131 Å². The van der Waals surface area contributed by atoms with Gasteiger partial charge in [0.25, 0.3) is 5.69 Å². The van der Waals surface area contributed by atoms with Crippen LogP contribution < -0.4 is 16.4 Å². The number of para-hydroxylation sites is 2. The number of anilines is 1. The molecule has 0 spiro atoms. The number of benzene rings is 1. The maximum absolute atomic E-state index is 12.6. The summed E-state index contributed by atoms with van der Waals surface area (Å²) in [6.45, 7) is 1.28. The molecule has 9 nitrogen and oxygen atoms in total. The maximum Gasteiger partial charge on any atom is 0.292 e. The van der Waals surface area contributed by atoms with Crippen LogP contribution in [0.5, 0.6) is 0 Å². The average molecular weight is 400 g/mol. The van der Waals surface area contributed by atoms with Crippen LogP contribution in [0.4, 0.5) is 11.4 Å². The summed E-state index contributed by atoms with van der Waals surface area (Å²) in [4.78, 5) is 36.5. The molecule has 1 atom stereocenters. The molecule has 0 aromatic heterocycles. The number of carbonyl (C=O) groups is 2. The molecule has 2 rings (SSSR count). The summed E-state index contributed by atoms with van der Waals surface area (Å²) >= 11 is 0. The van der Waals surface area contributed by atoms with E-state index in [-0.39, 0.29) is 48.9 Å². The summed E-state index contributed by atoms with van der Waals surface area (Å²) in [6, 6.07) is 6.16. The van der Waals surface area contributed by atoms with Gasteiger partial charge in [0.2, 0.25) is 11.8 Å². The lowest BCUT2D eigenvalue weighted by molar-refractivity contribution is -0.383. The van der Waals surface area contributed by atoms with E-state index in [1.165, 1.54) is 6.07 Å². The fourth-order valence-corrected chi connectivity index (χ4v) is 3.05. The number of nitro groups is 1. The predicted molar refractivity (Wildman–Crippen MR) is 105 cm³/mol. The molecule has 0 saturated carbocycles. The van der Waals surface area contributed by atoms with Crippen LogP contribution in [-0.2, 0) is 9.59 Å². The Morgan fingerprint density at radius 3 is 2.74 bits per heavy atom. The van der Waals surface area contributed by atoms with Gasteiger partial charge >= 0.3 is 0 Å². The van der Waals surface area contributed by atoms with Crippen LogP contribution in [0.2, 0.25) is 0 Å². The van der Waals surface area contributed by atoms with Crippen molar-refractivity contribution < 1.29 is 14.5 Å². The van der Waals surface area contributed by atoms with Gasteiger partial charge in [-0.3, -0.25) is 19.7 Å². The molecule has 1 saturated heterocycles. The Labute approximate surface area is 164 Å². The van der Waals surface area contributed by atoms with Gasteiger partial charge in [-0.2, -0.15) is 0 Å². The van der Waals surface area contributed by atoms with Gasteiger partial charge in [0.1, 0.15) is 5.69 Å². The fourth-order valence-electron chi connectivity index (χ4n) is 3.05. The van der Waals surface area contributed by atoms with E-state index < -0.39 is 4.92 Å². The number of amides is 2. The first-order valence-electron chi connectivity index (χ1n) is 8.76. The number of rotatable bonds is 8. The van der Waals surface area contributed by atoms with Gasteiger partial charge < -0.3 is 21.3 Å². The average Bonchev–Trinajstić information content (AvgIpc) is 2.65. The molecule has 27 heavy (non-hydrogen) atoms. The molecule has 1 heterocycles. The molecule has 1 aliphatic heterocycles. The number of likely N-dealkylation sites (tertiary alicyclic amines) is 1. The van der Waals surface area contributed by atoms with Crippen LogP contribution in [0.15, 0.2) is 24.3 Å². The number of nitrogens with zero attached hydrogens (tertiary/aromatic N) is 2. The molecule has 2 amide bonds. The van der Waals surface area contributed by atoms with Crippen molar-refractivity contribution in [3.8, 4) is 0 Å². The molecule has 4 N–H and O–H groups in total. The van der Waals surface area contributed by atoms with Gasteiger partial charge in [-0.1, -0.05) is 12.1 Å². The maximum atomic E-state index is 12.6. The minimum absolute atomic E-state index is 0. The van der Waals surface area contributed by atoms with E-state index in [9.17, 15) is 19.7 Å². The van der Waals surface area contributed by atoms with E-state index in [2.05, 4.69) is 10.6 Å². The third-order valence-electron chi connectivity index (χ3n) is 4.38. The third-order valence-corrected chi connectivity index (χ3v) is 4.38. The van der Waals surface area contributed by atoms with E-state index in [0.717, 1.165) is 19.3 Å². The van der Waals surface area contributed by atoms with E-state index in [0.29, 0.717) is 25.3 Å². The molecule has 10 heteroatoms. The Bertz CT molecular complexity index is 658. The highest BCUT2D eigenvalue weighted by molar-refractivity contribution is 5.85. The van der Waals surface area contributed by atoms with Crippen molar-refractivity contribution in [1.82, 2.24) is 10.2 Å². The molecular weight excluding hydrogens is 374 g/mol. The highest BCUT2D eigenvalue weighted by atomic mass is 35.5. The molecule has 0 bridgehead atoms. The Morgan fingerprint density at radius 2 is 2.04 bits per heavy atom. The fraction of sp³-hybridized carbons (Fsp3) is 0.529. The first kappa shape index (κ1) is 22.7. The van der Waals surface area contributed by atoms with E-state index in [1.807, 2.05) is 0 Å². The summed E-state index contributed by atoms with van der Waals surface area (Å²) in [6.07, 6.45) is 2.99. The van der Waals surface area contributed by atoms with Gasteiger partial charge in [-0.05, 0) is 25.3 Å². The second-order valence-corrected chi connectivity index (χ2v) is 6.21. The van der Waals surface area contributed by atoms with Crippen molar-refractivity contribution in [2.45, 2.75) is 31.7 Å². The lowest BCUT2D eigenvalue weighted by Gasteiger charge is -2.36. The van der Waals surface area contributed by atoms with Crippen LogP contribution in [0.3, 0.4) is 0 Å². The quantitative estimate of drug-likeness (QED) is 0.445. The Balaban J connectivity index is 0.00000364. The van der Waals surface area contributed by atoms with Crippen molar-refractivity contribution in [3.63, 3.8) is 0 Å². The second kappa shape index (κ2) is 11.3. The van der Waals surface area contributed by atoms with E-state index in [4.69, 9.17) is 5.73 Å². The second-order valence-electron chi connectivity index (χ2n) is 6.21. The van der Waals surface area contributed by atoms with Crippen LogP contribution in [0.25, 0.3) is 0 Å². The minimum atomic E-state index is -0.483. The van der Waals surface area contributed by atoms with Crippen molar-refractivity contribution in [2.75, 3.05) is 31.5 Å². The highest BCUT2D eigenvalue weighted by Gasteiger charge is 2.27. The number of nitrogens with two attached hydrogens (primary N) is 1. The van der Waals surface area contributed by atoms with Crippen molar-refractivity contribution in [3.05, 3.63) is 34.4 Å². The number of nitrogens with one attached hydrogen (secondary N) is 2. The van der Waals surface area contributed by atoms with Gasteiger partial charge in [-0.15, -0.1) is 12.4 Å². The van der Waals surface area contributed by atoms with Crippen LogP contribution >= 0.6 is 12.4 Å². The number of hydrogen-bond donors (Lipinski definition) is 3. The number of piperidine rings is 1. The molecule has 1 aliphatic rings. The first-order valence-corrected chi connectivity index (χ1v) is 8.76. The standard InChI is InChI=1S/C17H25N5O4.ClH/c18-9-8-16(23)20-11-13-5-3-4-10-21(13)17(24)12-19-14-6-1-2-7-15(14)22(25)26;/h1-2,6-7,13,19H,3-5,8-12,18H2,(H,20,23);1H. The molecule has 0 radical (unpaired) electrons. The van der Waals surface area contributed by atoms with Crippen LogP contribution in [-0.4, -0.2) is 53.9 Å². The Morgan fingerprint density at radius 1 is 1.30 bits per heavy atom. The zero-order valence-corrected chi connectivity index (χ0v) is 15.9. The molecule has 1 fully saturated rings. The number of carbonyl (C=O) groups excluding carboxylic acids is 2. The first-order chi connectivity index (χ1) is 12.5. The van der Waals surface area contributed by atoms with E-state index in [1.54, 1.807) is 23.1 Å². The SMILES string of the molecule is Cl.NCCC(=O)NCC1CCCCN1C(=O)CNc1ccccc1[N+](=O)[O-]. The lowest BCUT2D eigenvalue weighted by Crippen LogP contribution is -2.51. The number of hydrogen-bond acceptors (Lipinski definition) is 6. The largest absolute Gasteiger partial charge is 0.371 e. The predicted octanol–water partition coefficient (Wildman–Crippen LogP) is 1.27. The number of halogens is 1. The third kappa shape index (κ3) is 6.69. The Hall–Kier alpha value is -2.39. The highest BCUT2D eigenvalue weighted by Crippen LogP contribution is 2.23. The van der Waals surface area contributed by atoms with Gasteiger partial charge in [0.15, 0.2) is 0 Å².